The number of hydrogen-bond donors (Lipinski definition) is 2. The molecule has 2 atom stereocenters. The molecule has 30 heavy (non-hydrogen) atoms. The standard InChI is InChI=1S/C23H29N3O4/c1-23(2)18(13-29-4)20(23)26-21(27)15-11-16(25-19(12-15)22(28)24-3)9-14-7-6-8-17(10-14)30-5/h6-8,10-12,18,20H,9,13H2,1-5H3,(H,24,28)(H,26,27). The molecule has 1 saturated carbocycles. The fraction of sp³-hybridized carbons (Fsp3) is 0.435. The van der Waals surface area contributed by atoms with Crippen LogP contribution in [0.1, 0.15) is 46.0 Å². The van der Waals surface area contributed by atoms with E-state index >= 15 is 0 Å². The Hall–Kier alpha value is -2.93. The third kappa shape index (κ3) is 4.62. The lowest BCUT2D eigenvalue weighted by molar-refractivity contribution is 0.0943. The molecule has 7 nitrogen and oxygen atoms in total. The molecule has 160 valence electrons. The van der Waals surface area contributed by atoms with Crippen molar-refractivity contribution in [3.8, 4) is 5.75 Å². The van der Waals surface area contributed by atoms with Crippen LogP contribution < -0.4 is 15.4 Å². The van der Waals surface area contributed by atoms with Gasteiger partial charge in [-0.2, -0.15) is 0 Å². The fourth-order valence-electron chi connectivity index (χ4n) is 3.79. The van der Waals surface area contributed by atoms with Gasteiger partial charge in [-0.15, -0.1) is 0 Å². The van der Waals surface area contributed by atoms with Gasteiger partial charge in [-0.05, 0) is 35.2 Å². The number of pyridine rings is 1. The number of amides is 2. The molecule has 3 rings (SSSR count). The summed E-state index contributed by atoms with van der Waals surface area (Å²) in [5.41, 5.74) is 2.22. The van der Waals surface area contributed by atoms with E-state index < -0.39 is 0 Å². The summed E-state index contributed by atoms with van der Waals surface area (Å²) in [6.45, 7) is 4.82. The second-order valence-electron chi connectivity index (χ2n) is 8.17. The first-order valence-electron chi connectivity index (χ1n) is 9.96. The van der Waals surface area contributed by atoms with Crippen molar-refractivity contribution in [2.75, 3.05) is 27.9 Å². The number of aromatic nitrogens is 1. The maximum absolute atomic E-state index is 13.0. The second-order valence-corrected chi connectivity index (χ2v) is 8.17. The highest BCUT2D eigenvalue weighted by Crippen LogP contribution is 2.51. The summed E-state index contributed by atoms with van der Waals surface area (Å²) in [4.78, 5) is 29.6. The molecule has 2 aromatic rings. The first-order valence-corrected chi connectivity index (χ1v) is 9.96. The highest BCUT2D eigenvalue weighted by molar-refractivity contribution is 5.99. The normalized spacial score (nSPS) is 19.1. The Morgan fingerprint density at radius 3 is 2.57 bits per heavy atom. The van der Waals surface area contributed by atoms with Crippen LogP contribution in [0, 0.1) is 11.3 Å². The van der Waals surface area contributed by atoms with Crippen molar-refractivity contribution in [2.24, 2.45) is 11.3 Å². The Bertz CT molecular complexity index is 942. The Labute approximate surface area is 177 Å². The minimum absolute atomic E-state index is 0.0221. The van der Waals surface area contributed by atoms with Crippen LogP contribution in [-0.2, 0) is 11.2 Å². The summed E-state index contributed by atoms with van der Waals surface area (Å²) < 4.78 is 10.5. The minimum atomic E-state index is -0.333. The fourth-order valence-corrected chi connectivity index (χ4v) is 3.79. The highest BCUT2D eigenvalue weighted by atomic mass is 16.5. The van der Waals surface area contributed by atoms with Crippen LogP contribution in [0.4, 0.5) is 0 Å². The lowest BCUT2D eigenvalue weighted by atomic mass is 10.1. The first kappa shape index (κ1) is 21.8. The van der Waals surface area contributed by atoms with Gasteiger partial charge in [0.2, 0.25) is 0 Å². The van der Waals surface area contributed by atoms with Gasteiger partial charge in [0.15, 0.2) is 0 Å². The van der Waals surface area contributed by atoms with Gasteiger partial charge in [-0.3, -0.25) is 9.59 Å². The van der Waals surface area contributed by atoms with E-state index in [1.165, 1.54) is 6.07 Å². The van der Waals surface area contributed by atoms with Gasteiger partial charge in [0, 0.05) is 43.8 Å². The number of hydrogen-bond acceptors (Lipinski definition) is 5. The Balaban J connectivity index is 1.85. The van der Waals surface area contributed by atoms with Crippen LogP contribution in [0.2, 0.25) is 0 Å². The Kier molecular flexibility index (Phi) is 6.41. The molecule has 1 aromatic carbocycles. The molecule has 7 heteroatoms. The SMILES string of the molecule is CNC(=O)c1cc(C(=O)NC2C(COC)C2(C)C)cc(Cc2cccc(OC)c2)n1. The van der Waals surface area contributed by atoms with Gasteiger partial charge in [0.05, 0.1) is 13.7 Å². The lowest BCUT2D eigenvalue weighted by Crippen LogP contribution is -2.30. The van der Waals surface area contributed by atoms with Crippen molar-refractivity contribution >= 4 is 11.8 Å². The van der Waals surface area contributed by atoms with Crippen molar-refractivity contribution in [3.63, 3.8) is 0 Å². The predicted molar refractivity (Wildman–Crippen MR) is 114 cm³/mol. The van der Waals surface area contributed by atoms with Crippen molar-refractivity contribution in [1.29, 1.82) is 0 Å². The largest absolute Gasteiger partial charge is 0.497 e. The molecular weight excluding hydrogens is 382 g/mol. The molecule has 1 aliphatic rings. The Morgan fingerprint density at radius 2 is 1.90 bits per heavy atom. The number of carbonyl (C=O) groups is 2. The molecule has 1 fully saturated rings. The second kappa shape index (κ2) is 8.83. The molecular formula is C23H29N3O4. The highest BCUT2D eigenvalue weighted by Gasteiger charge is 2.58. The molecule has 1 heterocycles. The zero-order valence-electron chi connectivity index (χ0n) is 18.1. The predicted octanol–water partition coefficient (Wildman–Crippen LogP) is 2.44. The average Bonchev–Trinajstić information content (AvgIpc) is 3.25. The molecule has 1 aliphatic carbocycles. The van der Waals surface area contributed by atoms with E-state index in [0.717, 1.165) is 11.3 Å². The number of methoxy groups -OCH3 is 2. The monoisotopic (exact) mass is 411 g/mol. The summed E-state index contributed by atoms with van der Waals surface area (Å²) in [6.07, 6.45) is 0.476. The molecule has 2 unspecified atom stereocenters. The summed E-state index contributed by atoms with van der Waals surface area (Å²) in [6, 6.07) is 10.9. The maximum Gasteiger partial charge on any atom is 0.269 e. The van der Waals surface area contributed by atoms with Crippen molar-refractivity contribution in [2.45, 2.75) is 26.3 Å². The number of rotatable bonds is 8. The summed E-state index contributed by atoms with van der Waals surface area (Å²) >= 11 is 0. The molecule has 0 saturated heterocycles. The third-order valence-electron chi connectivity index (χ3n) is 5.80. The number of nitrogens with zero attached hydrogens (tertiary/aromatic N) is 1. The molecule has 0 bridgehead atoms. The van der Waals surface area contributed by atoms with E-state index in [0.29, 0.717) is 24.3 Å². The molecule has 2 amide bonds. The van der Waals surface area contributed by atoms with Gasteiger partial charge < -0.3 is 20.1 Å². The Morgan fingerprint density at radius 1 is 1.13 bits per heavy atom. The number of benzene rings is 1. The summed E-state index contributed by atoms with van der Waals surface area (Å²) in [5, 5.41) is 5.67. The molecule has 0 radical (unpaired) electrons. The van der Waals surface area contributed by atoms with E-state index in [1.54, 1.807) is 27.3 Å². The van der Waals surface area contributed by atoms with E-state index in [1.807, 2.05) is 24.3 Å². The molecule has 2 N–H and O–H groups in total. The van der Waals surface area contributed by atoms with E-state index in [2.05, 4.69) is 29.5 Å². The van der Waals surface area contributed by atoms with Gasteiger partial charge in [0.25, 0.3) is 11.8 Å². The third-order valence-corrected chi connectivity index (χ3v) is 5.80. The smallest absolute Gasteiger partial charge is 0.269 e. The zero-order valence-corrected chi connectivity index (χ0v) is 18.1. The topological polar surface area (TPSA) is 89.6 Å². The van der Waals surface area contributed by atoms with Gasteiger partial charge in [-0.1, -0.05) is 26.0 Å². The number of carbonyl (C=O) groups excluding carboxylic acids is 2. The lowest BCUT2D eigenvalue weighted by Gasteiger charge is -2.11. The van der Waals surface area contributed by atoms with Crippen molar-refractivity contribution in [1.82, 2.24) is 15.6 Å². The molecule has 0 spiro atoms. The number of ether oxygens (including phenoxy) is 2. The summed E-state index contributed by atoms with van der Waals surface area (Å²) in [5.74, 6) is 0.461. The molecule has 1 aromatic heterocycles. The quantitative estimate of drug-likeness (QED) is 0.696. The van der Waals surface area contributed by atoms with Crippen LogP contribution in [0.15, 0.2) is 36.4 Å². The summed E-state index contributed by atoms with van der Waals surface area (Å²) in [7, 11) is 4.82. The van der Waals surface area contributed by atoms with Crippen LogP contribution >= 0.6 is 0 Å². The molecule has 0 aliphatic heterocycles. The van der Waals surface area contributed by atoms with Crippen LogP contribution in [0.25, 0.3) is 0 Å². The average molecular weight is 412 g/mol. The van der Waals surface area contributed by atoms with Gasteiger partial charge >= 0.3 is 0 Å². The van der Waals surface area contributed by atoms with Crippen LogP contribution in [0.5, 0.6) is 5.75 Å². The first-order chi connectivity index (χ1) is 14.3. The minimum Gasteiger partial charge on any atom is -0.497 e. The van der Waals surface area contributed by atoms with Crippen molar-refractivity contribution < 1.29 is 19.1 Å². The maximum atomic E-state index is 13.0. The number of nitrogens with one attached hydrogen (secondary N) is 2. The van der Waals surface area contributed by atoms with Crippen LogP contribution in [-0.4, -0.2) is 50.7 Å². The van der Waals surface area contributed by atoms with E-state index in [9.17, 15) is 9.59 Å². The van der Waals surface area contributed by atoms with Gasteiger partial charge in [0.1, 0.15) is 11.4 Å². The van der Waals surface area contributed by atoms with Crippen LogP contribution in [0.3, 0.4) is 0 Å². The zero-order chi connectivity index (χ0) is 21.9. The van der Waals surface area contributed by atoms with Gasteiger partial charge in [-0.25, -0.2) is 4.98 Å². The van der Waals surface area contributed by atoms with Crippen molar-refractivity contribution in [3.05, 3.63) is 58.9 Å². The van der Waals surface area contributed by atoms with E-state index in [4.69, 9.17) is 9.47 Å². The van der Waals surface area contributed by atoms with E-state index in [-0.39, 0.29) is 34.9 Å².